The van der Waals surface area contributed by atoms with Crippen molar-refractivity contribution in [3.63, 3.8) is 0 Å². The zero-order valence-corrected chi connectivity index (χ0v) is 13.4. The van der Waals surface area contributed by atoms with Crippen LogP contribution in [0.15, 0.2) is 36.7 Å². The van der Waals surface area contributed by atoms with Crippen molar-refractivity contribution in [1.29, 1.82) is 0 Å². The minimum absolute atomic E-state index is 0.719. The lowest BCUT2D eigenvalue weighted by atomic mass is 10.3. The Hall–Kier alpha value is -1.92. The molecule has 0 amide bonds. The number of fused-ring (bicyclic) bond motifs is 1. The number of benzene rings is 1. The van der Waals surface area contributed by atoms with Crippen molar-refractivity contribution in [2.75, 3.05) is 36.0 Å². The summed E-state index contributed by atoms with van der Waals surface area (Å²) in [7, 11) is 0. The molecule has 1 fully saturated rings. The fraction of sp³-hybridized carbons (Fsp3) is 0.267. The van der Waals surface area contributed by atoms with Crippen LogP contribution < -0.4 is 9.80 Å². The molecule has 0 spiro atoms. The fourth-order valence-electron chi connectivity index (χ4n) is 2.59. The molecule has 0 saturated carbocycles. The molecule has 22 heavy (non-hydrogen) atoms. The average molecular weight is 332 g/mol. The van der Waals surface area contributed by atoms with E-state index in [4.69, 9.17) is 16.6 Å². The first-order valence-corrected chi connectivity index (χ1v) is 8.33. The minimum atomic E-state index is 0.719. The molecule has 2 aromatic heterocycles. The van der Waals surface area contributed by atoms with E-state index in [-0.39, 0.29) is 0 Å². The van der Waals surface area contributed by atoms with E-state index in [1.54, 1.807) is 23.7 Å². The van der Waals surface area contributed by atoms with Crippen LogP contribution in [-0.2, 0) is 0 Å². The lowest BCUT2D eigenvalue weighted by Crippen LogP contribution is -2.47. The van der Waals surface area contributed by atoms with Crippen LogP contribution in [0.4, 0.5) is 11.1 Å². The monoisotopic (exact) mass is 331 g/mol. The maximum absolute atomic E-state index is 6.21. The van der Waals surface area contributed by atoms with E-state index >= 15 is 0 Å². The highest BCUT2D eigenvalue weighted by Crippen LogP contribution is 2.33. The van der Waals surface area contributed by atoms with E-state index in [9.17, 15) is 0 Å². The van der Waals surface area contributed by atoms with Crippen molar-refractivity contribution in [3.05, 3.63) is 41.7 Å². The predicted molar refractivity (Wildman–Crippen MR) is 91.1 cm³/mol. The van der Waals surface area contributed by atoms with Crippen molar-refractivity contribution in [2.24, 2.45) is 0 Å². The van der Waals surface area contributed by atoms with Crippen LogP contribution >= 0.6 is 22.9 Å². The summed E-state index contributed by atoms with van der Waals surface area (Å²) in [4.78, 5) is 17.8. The van der Waals surface area contributed by atoms with E-state index in [2.05, 4.69) is 25.8 Å². The number of halogens is 1. The number of nitrogens with zero attached hydrogens (tertiary/aromatic N) is 5. The highest BCUT2D eigenvalue weighted by molar-refractivity contribution is 7.22. The fourth-order valence-corrected chi connectivity index (χ4v) is 3.91. The summed E-state index contributed by atoms with van der Waals surface area (Å²) < 4.78 is 1.14. The lowest BCUT2D eigenvalue weighted by Gasteiger charge is -2.34. The maximum atomic E-state index is 6.21. The number of rotatable bonds is 2. The van der Waals surface area contributed by atoms with Crippen LogP contribution in [0.2, 0.25) is 5.02 Å². The molecule has 1 aromatic carbocycles. The van der Waals surface area contributed by atoms with Crippen molar-refractivity contribution in [3.8, 4) is 0 Å². The van der Waals surface area contributed by atoms with E-state index in [0.717, 1.165) is 52.5 Å². The molecule has 0 aliphatic carbocycles. The van der Waals surface area contributed by atoms with Crippen molar-refractivity contribution in [1.82, 2.24) is 15.0 Å². The van der Waals surface area contributed by atoms with Gasteiger partial charge < -0.3 is 9.80 Å². The van der Waals surface area contributed by atoms with Gasteiger partial charge in [0.05, 0.1) is 9.72 Å². The Morgan fingerprint density at radius 2 is 1.68 bits per heavy atom. The third-order valence-electron chi connectivity index (χ3n) is 3.74. The molecule has 0 N–H and O–H groups in total. The smallest absolute Gasteiger partial charge is 0.225 e. The molecule has 7 heteroatoms. The molecule has 0 atom stereocenters. The Morgan fingerprint density at radius 3 is 2.41 bits per heavy atom. The Kier molecular flexibility index (Phi) is 3.56. The van der Waals surface area contributed by atoms with Gasteiger partial charge in [-0.1, -0.05) is 29.0 Å². The Labute approximate surface area is 137 Å². The summed E-state index contributed by atoms with van der Waals surface area (Å²) in [6.07, 6.45) is 3.56. The summed E-state index contributed by atoms with van der Waals surface area (Å²) in [6, 6.07) is 7.76. The molecule has 112 valence electrons. The van der Waals surface area contributed by atoms with Gasteiger partial charge in [0.2, 0.25) is 5.95 Å². The van der Waals surface area contributed by atoms with E-state index in [1.165, 1.54) is 0 Å². The Balaban J connectivity index is 1.52. The largest absolute Gasteiger partial charge is 0.345 e. The first kappa shape index (κ1) is 13.7. The first-order chi connectivity index (χ1) is 10.8. The molecule has 0 unspecified atom stereocenters. The van der Waals surface area contributed by atoms with Crippen LogP contribution in [0.1, 0.15) is 0 Å². The zero-order chi connectivity index (χ0) is 14.9. The molecule has 3 aromatic rings. The molecule has 4 rings (SSSR count). The highest BCUT2D eigenvalue weighted by Gasteiger charge is 2.21. The van der Waals surface area contributed by atoms with Gasteiger partial charge in [-0.25, -0.2) is 15.0 Å². The second-order valence-electron chi connectivity index (χ2n) is 5.11. The second kappa shape index (κ2) is 5.70. The summed E-state index contributed by atoms with van der Waals surface area (Å²) in [6.45, 7) is 3.62. The van der Waals surface area contributed by atoms with Gasteiger partial charge in [0.1, 0.15) is 5.52 Å². The molecule has 3 heterocycles. The van der Waals surface area contributed by atoms with Gasteiger partial charge in [0, 0.05) is 38.6 Å². The van der Waals surface area contributed by atoms with Gasteiger partial charge in [-0.3, -0.25) is 0 Å². The number of anilines is 2. The molecule has 1 aliphatic heterocycles. The first-order valence-electron chi connectivity index (χ1n) is 7.13. The molecule has 1 aliphatic rings. The molecular weight excluding hydrogens is 318 g/mol. The van der Waals surface area contributed by atoms with Gasteiger partial charge in [-0.2, -0.15) is 0 Å². The van der Waals surface area contributed by atoms with Crippen LogP contribution in [0.5, 0.6) is 0 Å². The second-order valence-corrected chi connectivity index (χ2v) is 6.52. The average Bonchev–Trinajstić information content (AvgIpc) is 3.02. The summed E-state index contributed by atoms with van der Waals surface area (Å²) in [5.41, 5.74) is 0.901. The third-order valence-corrected chi connectivity index (χ3v) is 5.13. The Bertz CT molecular complexity index is 783. The van der Waals surface area contributed by atoms with Gasteiger partial charge >= 0.3 is 0 Å². The number of hydrogen-bond acceptors (Lipinski definition) is 6. The van der Waals surface area contributed by atoms with E-state index in [1.807, 2.05) is 18.2 Å². The molecule has 0 bridgehead atoms. The quantitative estimate of drug-likeness (QED) is 0.722. The van der Waals surface area contributed by atoms with Crippen molar-refractivity contribution < 1.29 is 0 Å². The number of hydrogen-bond donors (Lipinski definition) is 0. The molecule has 5 nitrogen and oxygen atoms in total. The van der Waals surface area contributed by atoms with Crippen LogP contribution in [0, 0.1) is 0 Å². The zero-order valence-electron chi connectivity index (χ0n) is 11.8. The maximum Gasteiger partial charge on any atom is 0.225 e. The van der Waals surface area contributed by atoms with Gasteiger partial charge in [-0.15, -0.1) is 0 Å². The van der Waals surface area contributed by atoms with Gasteiger partial charge in [0.15, 0.2) is 5.13 Å². The summed E-state index contributed by atoms with van der Waals surface area (Å²) in [5.74, 6) is 0.800. The molecule has 1 saturated heterocycles. The van der Waals surface area contributed by atoms with E-state index < -0.39 is 0 Å². The normalized spacial score (nSPS) is 15.5. The highest BCUT2D eigenvalue weighted by atomic mass is 35.5. The summed E-state index contributed by atoms with van der Waals surface area (Å²) in [5, 5.41) is 1.76. The SMILES string of the molecule is Clc1cccc2sc(N3CCN(c4ncccn4)CC3)nc12. The minimum Gasteiger partial charge on any atom is -0.345 e. The Morgan fingerprint density at radius 1 is 0.955 bits per heavy atom. The van der Waals surface area contributed by atoms with Crippen molar-refractivity contribution in [2.45, 2.75) is 0 Å². The number of piperazine rings is 1. The standard InChI is InChI=1S/C15H14ClN5S/c16-11-3-1-4-12-13(11)19-15(22-12)21-9-7-20(8-10-21)14-17-5-2-6-18-14/h1-6H,7-10H2. The van der Waals surface area contributed by atoms with E-state index in [0.29, 0.717) is 0 Å². The van der Waals surface area contributed by atoms with Crippen LogP contribution in [0.3, 0.4) is 0 Å². The lowest BCUT2D eigenvalue weighted by molar-refractivity contribution is 0.639. The van der Waals surface area contributed by atoms with Crippen LogP contribution in [0.25, 0.3) is 10.2 Å². The molecule has 0 radical (unpaired) electrons. The predicted octanol–water partition coefficient (Wildman–Crippen LogP) is 3.07. The number of para-hydroxylation sites is 1. The van der Waals surface area contributed by atoms with Gasteiger partial charge in [0.25, 0.3) is 0 Å². The summed E-state index contributed by atoms with van der Waals surface area (Å²) >= 11 is 7.91. The number of aromatic nitrogens is 3. The number of thiazole rings is 1. The third kappa shape index (κ3) is 2.48. The van der Waals surface area contributed by atoms with Crippen LogP contribution in [-0.4, -0.2) is 41.1 Å². The van der Waals surface area contributed by atoms with Crippen molar-refractivity contribution >= 4 is 44.2 Å². The topological polar surface area (TPSA) is 45.2 Å². The molecular formula is C15H14ClN5S. The van der Waals surface area contributed by atoms with Gasteiger partial charge in [-0.05, 0) is 18.2 Å².